The van der Waals surface area contributed by atoms with Gasteiger partial charge in [-0.2, -0.15) is 0 Å². The molecule has 0 spiro atoms. The van der Waals surface area contributed by atoms with Crippen molar-refractivity contribution in [3.63, 3.8) is 0 Å². The lowest BCUT2D eigenvalue weighted by atomic mass is 9.79. The summed E-state index contributed by atoms with van der Waals surface area (Å²) in [6.07, 6.45) is 6.56. The van der Waals surface area contributed by atoms with Crippen LogP contribution in [0.5, 0.6) is 0 Å². The third-order valence-electron chi connectivity index (χ3n) is 6.69. The Morgan fingerprint density at radius 1 is 0.861 bits per heavy atom. The number of allylic oxidation sites excluding steroid dienone is 1. The molecular formula is C32H32O4. The topological polar surface area (TPSA) is 63.6 Å². The number of cyclic esters (lactones) is 1. The molecule has 2 atom stereocenters. The summed E-state index contributed by atoms with van der Waals surface area (Å²) in [4.78, 5) is 27.1. The second kappa shape index (κ2) is 11.7. The van der Waals surface area contributed by atoms with Gasteiger partial charge in [-0.15, -0.1) is 0 Å². The quantitative estimate of drug-likeness (QED) is 0.318. The molecule has 0 amide bonds. The largest absolute Gasteiger partial charge is 0.504 e. The van der Waals surface area contributed by atoms with E-state index in [2.05, 4.69) is 0 Å². The maximum atomic E-state index is 13.6. The molecule has 1 aliphatic rings. The molecule has 1 heterocycles. The van der Waals surface area contributed by atoms with E-state index in [0.717, 1.165) is 23.1 Å². The Hall–Kier alpha value is -3.92. The number of carbonyl (C=O) groups is 2. The van der Waals surface area contributed by atoms with Gasteiger partial charge < -0.3 is 9.84 Å². The van der Waals surface area contributed by atoms with Crippen molar-refractivity contribution >= 4 is 17.8 Å². The summed E-state index contributed by atoms with van der Waals surface area (Å²) in [6, 6.07) is 29.1. The molecule has 36 heavy (non-hydrogen) atoms. The van der Waals surface area contributed by atoms with Crippen molar-refractivity contribution < 1.29 is 19.4 Å². The Morgan fingerprint density at radius 3 is 2.11 bits per heavy atom. The minimum Gasteiger partial charge on any atom is -0.504 e. The van der Waals surface area contributed by atoms with Crippen LogP contribution in [-0.4, -0.2) is 22.5 Å². The number of aliphatic hydroxyl groups excluding tert-OH is 1. The fourth-order valence-corrected chi connectivity index (χ4v) is 4.87. The molecule has 0 radical (unpaired) electrons. The van der Waals surface area contributed by atoms with Crippen LogP contribution in [0.25, 0.3) is 6.08 Å². The van der Waals surface area contributed by atoms with E-state index in [1.54, 1.807) is 0 Å². The third-order valence-corrected chi connectivity index (χ3v) is 6.69. The molecule has 4 rings (SSSR count). The highest BCUT2D eigenvalue weighted by Crippen LogP contribution is 2.39. The molecule has 0 saturated heterocycles. The fourth-order valence-electron chi connectivity index (χ4n) is 4.87. The smallest absolute Gasteiger partial charge is 0.339 e. The maximum absolute atomic E-state index is 13.6. The fraction of sp³-hybridized carbons (Fsp3) is 0.250. The summed E-state index contributed by atoms with van der Waals surface area (Å²) >= 11 is 0. The zero-order valence-electron chi connectivity index (χ0n) is 20.6. The summed E-state index contributed by atoms with van der Waals surface area (Å²) in [5.74, 6) is -2.23. The molecule has 4 heteroatoms. The standard InChI is InChI=1S/C32H32O4/c1-2-22-32(23-12-17-24-13-6-3-7-14-24)30(34)29(33)28(31(35)36-32)27(26-18-10-5-11-19-26)21-20-25-15-8-4-9-16-25/h3-11,13-16,18-21,27,33H,2,12,17,22-23H2,1H3. The highest BCUT2D eigenvalue weighted by atomic mass is 16.6. The number of rotatable bonds is 10. The highest BCUT2D eigenvalue weighted by Gasteiger charge is 2.50. The molecule has 2 unspecified atom stereocenters. The van der Waals surface area contributed by atoms with E-state index in [9.17, 15) is 14.7 Å². The lowest BCUT2D eigenvalue weighted by Crippen LogP contribution is -2.49. The number of benzene rings is 3. The van der Waals surface area contributed by atoms with Gasteiger partial charge in [-0.05, 0) is 42.4 Å². The summed E-state index contributed by atoms with van der Waals surface area (Å²) in [5.41, 5.74) is 1.57. The molecule has 0 saturated carbocycles. The first-order valence-corrected chi connectivity index (χ1v) is 12.6. The molecule has 1 N–H and O–H groups in total. The van der Waals surface area contributed by atoms with E-state index in [1.165, 1.54) is 0 Å². The average molecular weight is 481 g/mol. The summed E-state index contributed by atoms with van der Waals surface area (Å²) in [5, 5.41) is 11.2. The first-order valence-electron chi connectivity index (χ1n) is 12.6. The normalized spacial score (nSPS) is 18.9. The lowest BCUT2D eigenvalue weighted by molar-refractivity contribution is -0.169. The number of hydrogen-bond acceptors (Lipinski definition) is 4. The van der Waals surface area contributed by atoms with Crippen molar-refractivity contribution in [3.8, 4) is 0 Å². The summed E-state index contributed by atoms with van der Waals surface area (Å²) < 4.78 is 5.96. The predicted octanol–water partition coefficient (Wildman–Crippen LogP) is 6.98. The van der Waals surface area contributed by atoms with Crippen LogP contribution in [-0.2, 0) is 20.7 Å². The average Bonchev–Trinajstić information content (AvgIpc) is 2.91. The van der Waals surface area contributed by atoms with Gasteiger partial charge in [0.15, 0.2) is 11.4 Å². The van der Waals surface area contributed by atoms with Crippen LogP contribution >= 0.6 is 0 Å². The van der Waals surface area contributed by atoms with Gasteiger partial charge in [-0.3, -0.25) is 4.79 Å². The molecule has 3 aromatic rings. The zero-order chi connectivity index (χ0) is 25.4. The molecule has 1 aliphatic heterocycles. The lowest BCUT2D eigenvalue weighted by Gasteiger charge is -2.36. The van der Waals surface area contributed by atoms with Crippen LogP contribution in [0.3, 0.4) is 0 Å². The predicted molar refractivity (Wildman–Crippen MR) is 142 cm³/mol. The van der Waals surface area contributed by atoms with Gasteiger partial charge >= 0.3 is 5.97 Å². The maximum Gasteiger partial charge on any atom is 0.339 e. The van der Waals surface area contributed by atoms with Gasteiger partial charge in [0.2, 0.25) is 5.78 Å². The van der Waals surface area contributed by atoms with E-state index < -0.39 is 29.0 Å². The Labute approximate surface area is 213 Å². The van der Waals surface area contributed by atoms with Crippen LogP contribution in [0, 0.1) is 0 Å². The SMILES string of the molecule is CCCC1(CCCc2ccccc2)OC(=O)C(C(C=Cc2ccccc2)c2ccccc2)=C(O)C1=O. The van der Waals surface area contributed by atoms with Crippen molar-refractivity contribution in [1.29, 1.82) is 0 Å². The summed E-state index contributed by atoms with van der Waals surface area (Å²) in [7, 11) is 0. The number of ether oxygens (including phenoxy) is 1. The molecular weight excluding hydrogens is 448 g/mol. The van der Waals surface area contributed by atoms with Gasteiger partial charge in [-0.25, -0.2) is 4.79 Å². The number of carbonyl (C=O) groups excluding carboxylic acids is 2. The van der Waals surface area contributed by atoms with Crippen molar-refractivity contribution in [3.05, 3.63) is 125 Å². The number of aliphatic hydroxyl groups is 1. The van der Waals surface area contributed by atoms with Gasteiger partial charge in [0, 0.05) is 5.92 Å². The molecule has 184 valence electrons. The Balaban J connectivity index is 1.66. The van der Waals surface area contributed by atoms with Gasteiger partial charge in [0.25, 0.3) is 0 Å². The van der Waals surface area contributed by atoms with Crippen molar-refractivity contribution in [2.75, 3.05) is 0 Å². The molecule has 0 aromatic heterocycles. The first kappa shape index (κ1) is 25.2. The van der Waals surface area contributed by atoms with Crippen molar-refractivity contribution in [1.82, 2.24) is 0 Å². The van der Waals surface area contributed by atoms with Crippen molar-refractivity contribution in [2.24, 2.45) is 0 Å². The second-order valence-electron chi connectivity index (χ2n) is 9.22. The second-order valence-corrected chi connectivity index (χ2v) is 9.22. The van der Waals surface area contributed by atoms with Gasteiger partial charge in [-0.1, -0.05) is 116 Å². The molecule has 4 nitrogen and oxygen atoms in total. The number of Topliss-reactive ketones (excluding diaryl/α,β-unsaturated/α-hetero) is 1. The van der Waals surface area contributed by atoms with E-state index in [1.807, 2.05) is 110 Å². The van der Waals surface area contributed by atoms with Crippen molar-refractivity contribution in [2.45, 2.75) is 50.5 Å². The van der Waals surface area contributed by atoms with E-state index in [0.29, 0.717) is 25.7 Å². The molecule has 0 aliphatic carbocycles. The number of esters is 1. The van der Waals surface area contributed by atoms with Crippen LogP contribution in [0.2, 0.25) is 0 Å². The number of aryl methyl sites for hydroxylation is 1. The van der Waals surface area contributed by atoms with E-state index in [-0.39, 0.29) is 5.57 Å². The van der Waals surface area contributed by atoms with E-state index in [4.69, 9.17) is 4.74 Å². The number of hydrogen-bond donors (Lipinski definition) is 1. The molecule has 3 aromatic carbocycles. The minimum atomic E-state index is -1.33. The Kier molecular flexibility index (Phi) is 8.17. The first-order chi connectivity index (χ1) is 17.5. The van der Waals surface area contributed by atoms with Crippen LogP contribution < -0.4 is 0 Å². The van der Waals surface area contributed by atoms with Crippen LogP contribution in [0.1, 0.15) is 55.2 Å². The third kappa shape index (κ3) is 5.65. The van der Waals surface area contributed by atoms with Crippen LogP contribution in [0.15, 0.2) is 108 Å². The monoisotopic (exact) mass is 480 g/mol. The molecule has 0 fully saturated rings. The molecule has 0 bridgehead atoms. The highest BCUT2D eigenvalue weighted by molar-refractivity contribution is 6.11. The summed E-state index contributed by atoms with van der Waals surface area (Å²) in [6.45, 7) is 1.95. The number of ketones is 1. The Morgan fingerprint density at radius 2 is 1.47 bits per heavy atom. The van der Waals surface area contributed by atoms with Crippen LogP contribution in [0.4, 0.5) is 0 Å². The Bertz CT molecular complexity index is 1230. The van der Waals surface area contributed by atoms with E-state index >= 15 is 0 Å². The van der Waals surface area contributed by atoms with Gasteiger partial charge in [0.1, 0.15) is 0 Å². The van der Waals surface area contributed by atoms with Gasteiger partial charge in [0.05, 0.1) is 5.57 Å². The minimum absolute atomic E-state index is 0.00633. The zero-order valence-corrected chi connectivity index (χ0v) is 20.6.